The Morgan fingerprint density at radius 1 is 1.13 bits per heavy atom. The smallest absolute Gasteiger partial charge is 0.339 e. The van der Waals surface area contributed by atoms with Crippen molar-refractivity contribution in [1.82, 2.24) is 0 Å². The third-order valence-corrected chi connectivity index (χ3v) is 7.32. The van der Waals surface area contributed by atoms with Crippen molar-refractivity contribution in [2.75, 3.05) is 0 Å². The minimum atomic E-state index is -4.16. The van der Waals surface area contributed by atoms with Gasteiger partial charge >= 0.3 is 10.1 Å². The van der Waals surface area contributed by atoms with E-state index in [1.165, 1.54) is 41.7 Å². The number of benzene rings is 2. The van der Waals surface area contributed by atoms with Gasteiger partial charge in [-0.1, -0.05) is 35.3 Å². The number of rotatable bonds is 4. The fourth-order valence-corrected chi connectivity index (χ4v) is 5.21. The molecule has 0 spiro atoms. The Bertz CT molecular complexity index is 1310. The number of fused-ring (bicyclic) bond motifs is 1. The number of ether oxygens (including phenoxy) is 1. The first-order valence-electron chi connectivity index (χ1n) is 8.44. The van der Waals surface area contributed by atoms with Gasteiger partial charge in [0.2, 0.25) is 5.88 Å². The van der Waals surface area contributed by atoms with Crippen LogP contribution in [-0.4, -0.2) is 8.42 Å². The van der Waals surface area contributed by atoms with Gasteiger partial charge in [-0.3, -0.25) is 0 Å². The molecular formula is C20H12Cl2N2O4S2. The number of hydrogen-bond acceptors (Lipinski definition) is 7. The molecule has 30 heavy (non-hydrogen) atoms. The SMILES string of the molecule is N#CC1=C(N)Oc2cc(OS(=O)(=O)c3ccc(Cl)c(Cl)c3)ccc2C1c1cccs1. The van der Waals surface area contributed by atoms with Crippen molar-refractivity contribution in [3.63, 3.8) is 0 Å². The van der Waals surface area contributed by atoms with Crippen LogP contribution in [0.25, 0.3) is 0 Å². The van der Waals surface area contributed by atoms with Gasteiger partial charge in [0.15, 0.2) is 0 Å². The molecule has 0 bridgehead atoms. The number of nitrogens with zero attached hydrogens (tertiary/aromatic N) is 1. The highest BCUT2D eigenvalue weighted by molar-refractivity contribution is 7.87. The van der Waals surface area contributed by atoms with E-state index in [4.69, 9.17) is 37.9 Å². The van der Waals surface area contributed by atoms with Gasteiger partial charge in [0, 0.05) is 16.5 Å². The summed E-state index contributed by atoms with van der Waals surface area (Å²) < 4.78 is 36.0. The van der Waals surface area contributed by atoms with E-state index in [0.717, 1.165) is 4.88 Å². The highest BCUT2D eigenvalue weighted by Gasteiger charge is 2.32. The van der Waals surface area contributed by atoms with E-state index >= 15 is 0 Å². The molecule has 1 unspecified atom stereocenters. The molecule has 0 aliphatic carbocycles. The van der Waals surface area contributed by atoms with Crippen molar-refractivity contribution in [3.05, 3.63) is 85.9 Å². The van der Waals surface area contributed by atoms with Crippen molar-refractivity contribution in [1.29, 1.82) is 5.26 Å². The number of thiophene rings is 1. The van der Waals surface area contributed by atoms with E-state index in [1.54, 1.807) is 6.07 Å². The van der Waals surface area contributed by atoms with Crippen molar-refractivity contribution in [3.8, 4) is 17.6 Å². The molecule has 1 aliphatic heterocycles. The molecule has 2 heterocycles. The molecule has 0 fully saturated rings. The van der Waals surface area contributed by atoms with Crippen LogP contribution in [0.15, 0.2) is 70.3 Å². The molecule has 10 heteroatoms. The second-order valence-corrected chi connectivity index (χ2v) is 9.59. The number of halogens is 2. The molecule has 1 atom stereocenters. The van der Waals surface area contributed by atoms with Crippen LogP contribution in [0.3, 0.4) is 0 Å². The number of nitrogens with two attached hydrogens (primary N) is 1. The molecule has 4 rings (SSSR count). The Labute approximate surface area is 186 Å². The maximum absolute atomic E-state index is 12.6. The lowest BCUT2D eigenvalue weighted by Crippen LogP contribution is -2.20. The van der Waals surface area contributed by atoms with Crippen LogP contribution in [0.4, 0.5) is 0 Å². The van der Waals surface area contributed by atoms with Gasteiger partial charge in [0.1, 0.15) is 28.0 Å². The van der Waals surface area contributed by atoms with Crippen LogP contribution < -0.4 is 14.7 Å². The standard InChI is InChI=1S/C20H12Cl2N2O4S2/c21-15-6-4-12(9-16(15)22)30(25,26)28-11-3-5-13-17(8-11)27-20(24)14(10-23)19(13)18-2-1-7-29-18/h1-9,19H,24H2. The van der Waals surface area contributed by atoms with E-state index in [9.17, 15) is 13.7 Å². The summed E-state index contributed by atoms with van der Waals surface area (Å²) >= 11 is 13.2. The summed E-state index contributed by atoms with van der Waals surface area (Å²) in [7, 11) is -4.16. The molecule has 0 saturated heterocycles. The van der Waals surface area contributed by atoms with E-state index in [-0.39, 0.29) is 26.6 Å². The van der Waals surface area contributed by atoms with Gasteiger partial charge in [-0.05, 0) is 35.7 Å². The van der Waals surface area contributed by atoms with Gasteiger partial charge in [0.05, 0.1) is 16.0 Å². The maximum atomic E-state index is 12.6. The zero-order valence-electron chi connectivity index (χ0n) is 15.0. The predicted octanol–water partition coefficient (Wildman–Crippen LogP) is 5.04. The van der Waals surface area contributed by atoms with Gasteiger partial charge in [0.25, 0.3) is 0 Å². The van der Waals surface area contributed by atoms with Gasteiger partial charge in [-0.15, -0.1) is 11.3 Å². The second kappa shape index (κ2) is 7.85. The lowest BCUT2D eigenvalue weighted by Gasteiger charge is -2.25. The number of allylic oxidation sites excluding steroid dienone is 1. The normalized spacial score (nSPS) is 15.8. The predicted molar refractivity (Wildman–Crippen MR) is 114 cm³/mol. The third kappa shape index (κ3) is 3.73. The maximum Gasteiger partial charge on any atom is 0.339 e. The van der Waals surface area contributed by atoms with Crippen molar-refractivity contribution >= 4 is 44.7 Å². The summed E-state index contributed by atoms with van der Waals surface area (Å²) in [5.41, 5.74) is 6.93. The molecule has 6 nitrogen and oxygen atoms in total. The second-order valence-electron chi connectivity index (χ2n) is 6.25. The van der Waals surface area contributed by atoms with Crippen molar-refractivity contribution in [2.45, 2.75) is 10.8 Å². The van der Waals surface area contributed by atoms with Gasteiger partial charge in [-0.2, -0.15) is 13.7 Å². The Balaban J connectivity index is 1.71. The average Bonchev–Trinajstić information content (AvgIpc) is 3.23. The first kappa shape index (κ1) is 20.6. The Hall–Kier alpha value is -2.70. The minimum Gasteiger partial charge on any atom is -0.440 e. The molecule has 0 radical (unpaired) electrons. The molecular weight excluding hydrogens is 467 g/mol. The monoisotopic (exact) mass is 478 g/mol. The third-order valence-electron chi connectivity index (χ3n) is 4.40. The summed E-state index contributed by atoms with van der Waals surface area (Å²) in [4.78, 5) is 0.773. The fraction of sp³-hybridized carbons (Fsp3) is 0.0500. The molecule has 1 aliphatic rings. The first-order valence-corrected chi connectivity index (χ1v) is 11.5. The summed E-state index contributed by atoms with van der Waals surface area (Å²) in [6, 6.07) is 14.3. The molecule has 2 N–H and O–H groups in total. The van der Waals surface area contributed by atoms with Crippen LogP contribution in [0.1, 0.15) is 16.4 Å². The Kier molecular flexibility index (Phi) is 5.38. The van der Waals surface area contributed by atoms with E-state index in [1.807, 2.05) is 17.5 Å². The lowest BCUT2D eigenvalue weighted by atomic mass is 9.88. The number of hydrogen-bond donors (Lipinski definition) is 1. The molecule has 0 amide bonds. The molecule has 1 aromatic heterocycles. The molecule has 2 aromatic carbocycles. The first-order chi connectivity index (χ1) is 14.3. The largest absolute Gasteiger partial charge is 0.440 e. The summed E-state index contributed by atoms with van der Waals surface area (Å²) in [5.74, 6) is -0.0999. The van der Waals surface area contributed by atoms with Gasteiger partial charge in [-0.25, -0.2) is 0 Å². The Morgan fingerprint density at radius 3 is 2.60 bits per heavy atom. The van der Waals surface area contributed by atoms with Crippen LogP contribution in [0.2, 0.25) is 10.0 Å². The van der Waals surface area contributed by atoms with Crippen LogP contribution >= 0.6 is 34.5 Å². The average molecular weight is 479 g/mol. The van der Waals surface area contributed by atoms with Crippen molar-refractivity contribution < 1.29 is 17.3 Å². The highest BCUT2D eigenvalue weighted by Crippen LogP contribution is 2.44. The molecule has 0 saturated carbocycles. The van der Waals surface area contributed by atoms with Crippen LogP contribution in [0.5, 0.6) is 11.5 Å². The Morgan fingerprint density at radius 2 is 1.93 bits per heavy atom. The number of nitriles is 1. The van der Waals surface area contributed by atoms with E-state index in [0.29, 0.717) is 16.9 Å². The quantitative estimate of drug-likeness (QED) is 0.526. The minimum absolute atomic E-state index is 0.0259. The summed E-state index contributed by atoms with van der Waals surface area (Å²) in [6.07, 6.45) is 0. The van der Waals surface area contributed by atoms with E-state index in [2.05, 4.69) is 6.07 Å². The zero-order chi connectivity index (χ0) is 21.5. The molecule has 3 aromatic rings. The van der Waals surface area contributed by atoms with Crippen LogP contribution in [0, 0.1) is 11.3 Å². The lowest BCUT2D eigenvalue weighted by molar-refractivity contribution is 0.391. The summed E-state index contributed by atoms with van der Waals surface area (Å²) in [6.45, 7) is 0. The highest BCUT2D eigenvalue weighted by atomic mass is 35.5. The zero-order valence-corrected chi connectivity index (χ0v) is 18.1. The fourth-order valence-electron chi connectivity index (χ4n) is 3.04. The van der Waals surface area contributed by atoms with Crippen molar-refractivity contribution in [2.24, 2.45) is 5.73 Å². The van der Waals surface area contributed by atoms with E-state index < -0.39 is 16.0 Å². The summed E-state index contributed by atoms with van der Waals surface area (Å²) in [5, 5.41) is 11.8. The molecule has 152 valence electrons. The van der Waals surface area contributed by atoms with Crippen LogP contribution in [-0.2, 0) is 10.1 Å². The van der Waals surface area contributed by atoms with Gasteiger partial charge < -0.3 is 14.7 Å². The topological polar surface area (TPSA) is 102 Å².